The van der Waals surface area contributed by atoms with Gasteiger partial charge in [0.25, 0.3) is 0 Å². The summed E-state index contributed by atoms with van der Waals surface area (Å²) < 4.78 is 19.2. The van der Waals surface area contributed by atoms with E-state index in [4.69, 9.17) is 4.74 Å². The SMILES string of the molecule is Fc1ccccc1COCC1(CS)CCCCC1. The summed E-state index contributed by atoms with van der Waals surface area (Å²) in [6.07, 6.45) is 6.23. The Bertz CT molecular complexity index is 375. The lowest BCUT2D eigenvalue weighted by Crippen LogP contribution is -2.31. The molecule has 0 radical (unpaired) electrons. The lowest BCUT2D eigenvalue weighted by atomic mass is 9.76. The van der Waals surface area contributed by atoms with Gasteiger partial charge >= 0.3 is 0 Å². The molecular weight excluding hydrogens is 247 g/mol. The van der Waals surface area contributed by atoms with Crippen molar-refractivity contribution in [2.24, 2.45) is 5.41 Å². The van der Waals surface area contributed by atoms with E-state index in [1.165, 1.54) is 38.2 Å². The number of thiol groups is 1. The Morgan fingerprint density at radius 3 is 2.56 bits per heavy atom. The first-order valence-electron chi connectivity index (χ1n) is 6.68. The molecule has 0 heterocycles. The summed E-state index contributed by atoms with van der Waals surface area (Å²) in [7, 11) is 0. The van der Waals surface area contributed by atoms with Crippen LogP contribution < -0.4 is 0 Å². The molecule has 1 aliphatic carbocycles. The zero-order chi connectivity index (χ0) is 12.8. The molecule has 1 fully saturated rings. The topological polar surface area (TPSA) is 9.23 Å². The lowest BCUT2D eigenvalue weighted by Gasteiger charge is -2.35. The summed E-state index contributed by atoms with van der Waals surface area (Å²) in [5.41, 5.74) is 0.856. The fourth-order valence-corrected chi connectivity index (χ4v) is 3.05. The van der Waals surface area contributed by atoms with Crippen LogP contribution in [0.1, 0.15) is 37.7 Å². The monoisotopic (exact) mass is 268 g/mol. The van der Waals surface area contributed by atoms with Crippen molar-refractivity contribution in [3.05, 3.63) is 35.6 Å². The van der Waals surface area contributed by atoms with Crippen LogP contribution in [0.3, 0.4) is 0 Å². The molecule has 0 bridgehead atoms. The van der Waals surface area contributed by atoms with E-state index < -0.39 is 0 Å². The molecule has 0 amide bonds. The molecule has 18 heavy (non-hydrogen) atoms. The molecule has 100 valence electrons. The Labute approximate surface area is 114 Å². The van der Waals surface area contributed by atoms with Crippen LogP contribution in [0.5, 0.6) is 0 Å². The van der Waals surface area contributed by atoms with Crippen molar-refractivity contribution in [2.75, 3.05) is 12.4 Å². The van der Waals surface area contributed by atoms with Crippen molar-refractivity contribution in [1.82, 2.24) is 0 Å². The summed E-state index contributed by atoms with van der Waals surface area (Å²) in [4.78, 5) is 0. The van der Waals surface area contributed by atoms with Gasteiger partial charge in [-0.3, -0.25) is 0 Å². The van der Waals surface area contributed by atoms with E-state index in [9.17, 15) is 4.39 Å². The Balaban J connectivity index is 1.85. The quantitative estimate of drug-likeness (QED) is 0.787. The Kier molecular flexibility index (Phi) is 5.07. The number of hydrogen-bond donors (Lipinski definition) is 1. The Hall–Kier alpha value is -0.540. The van der Waals surface area contributed by atoms with Gasteiger partial charge < -0.3 is 4.74 Å². The van der Waals surface area contributed by atoms with Gasteiger partial charge in [0, 0.05) is 11.0 Å². The molecule has 0 aliphatic heterocycles. The van der Waals surface area contributed by atoms with E-state index in [0.717, 1.165) is 5.75 Å². The highest BCUT2D eigenvalue weighted by Gasteiger charge is 2.30. The van der Waals surface area contributed by atoms with Crippen molar-refractivity contribution in [1.29, 1.82) is 0 Å². The van der Waals surface area contributed by atoms with E-state index in [2.05, 4.69) is 12.6 Å². The molecule has 1 aliphatic rings. The minimum Gasteiger partial charge on any atom is -0.376 e. The average molecular weight is 268 g/mol. The molecule has 1 aromatic rings. The number of rotatable bonds is 5. The summed E-state index contributed by atoms with van der Waals surface area (Å²) >= 11 is 4.48. The van der Waals surface area contributed by atoms with Crippen LogP contribution in [0.25, 0.3) is 0 Å². The van der Waals surface area contributed by atoms with E-state index >= 15 is 0 Å². The van der Waals surface area contributed by atoms with Crippen LogP contribution in [0.2, 0.25) is 0 Å². The summed E-state index contributed by atoms with van der Waals surface area (Å²) in [6.45, 7) is 1.06. The fourth-order valence-electron chi connectivity index (χ4n) is 2.64. The maximum absolute atomic E-state index is 13.4. The van der Waals surface area contributed by atoms with Gasteiger partial charge in [-0.1, -0.05) is 37.5 Å². The van der Waals surface area contributed by atoms with Crippen LogP contribution in [0.4, 0.5) is 4.39 Å². The average Bonchev–Trinajstić information content (AvgIpc) is 2.42. The highest BCUT2D eigenvalue weighted by atomic mass is 32.1. The summed E-state index contributed by atoms with van der Waals surface area (Å²) in [6, 6.07) is 6.81. The van der Waals surface area contributed by atoms with E-state index in [0.29, 0.717) is 18.8 Å². The molecule has 2 rings (SSSR count). The lowest BCUT2D eigenvalue weighted by molar-refractivity contribution is 0.0241. The van der Waals surface area contributed by atoms with Crippen molar-refractivity contribution >= 4 is 12.6 Å². The molecule has 0 spiro atoms. The van der Waals surface area contributed by atoms with Gasteiger partial charge in [-0.15, -0.1) is 0 Å². The molecule has 0 unspecified atom stereocenters. The standard InChI is InChI=1S/C15H21FOS/c16-14-7-3-2-6-13(14)10-17-11-15(12-18)8-4-1-5-9-15/h2-3,6-7,18H,1,4-5,8-12H2. The van der Waals surface area contributed by atoms with Gasteiger partial charge in [0.2, 0.25) is 0 Å². The second-order valence-corrected chi connectivity index (χ2v) is 5.62. The van der Waals surface area contributed by atoms with Gasteiger partial charge in [-0.25, -0.2) is 4.39 Å². The normalized spacial score (nSPS) is 18.8. The van der Waals surface area contributed by atoms with Gasteiger partial charge in [0.1, 0.15) is 5.82 Å². The van der Waals surface area contributed by atoms with Gasteiger partial charge in [-0.05, 0) is 24.7 Å². The van der Waals surface area contributed by atoms with Crippen LogP contribution in [0, 0.1) is 11.2 Å². The van der Waals surface area contributed by atoms with Crippen molar-refractivity contribution in [3.63, 3.8) is 0 Å². The Morgan fingerprint density at radius 1 is 1.17 bits per heavy atom. The van der Waals surface area contributed by atoms with Crippen LogP contribution >= 0.6 is 12.6 Å². The molecule has 1 aromatic carbocycles. The third kappa shape index (κ3) is 3.48. The predicted molar refractivity (Wildman–Crippen MR) is 75.4 cm³/mol. The minimum atomic E-state index is -0.180. The maximum Gasteiger partial charge on any atom is 0.128 e. The fraction of sp³-hybridized carbons (Fsp3) is 0.600. The number of halogens is 1. The van der Waals surface area contributed by atoms with Crippen molar-refractivity contribution in [2.45, 2.75) is 38.7 Å². The molecule has 3 heteroatoms. The third-order valence-corrected chi connectivity index (χ3v) is 4.54. The zero-order valence-electron chi connectivity index (χ0n) is 10.7. The first-order chi connectivity index (χ1) is 8.76. The van der Waals surface area contributed by atoms with Gasteiger partial charge in [0.15, 0.2) is 0 Å². The molecule has 1 saturated carbocycles. The zero-order valence-corrected chi connectivity index (χ0v) is 11.6. The van der Waals surface area contributed by atoms with E-state index in [1.807, 2.05) is 6.07 Å². The molecule has 1 nitrogen and oxygen atoms in total. The highest BCUT2D eigenvalue weighted by Crippen LogP contribution is 2.37. The first-order valence-corrected chi connectivity index (χ1v) is 7.31. The van der Waals surface area contributed by atoms with Crippen LogP contribution in [0.15, 0.2) is 24.3 Å². The summed E-state index contributed by atoms with van der Waals surface area (Å²) in [5.74, 6) is 0.686. The molecule has 0 aromatic heterocycles. The third-order valence-electron chi connectivity index (χ3n) is 3.87. The number of ether oxygens (including phenoxy) is 1. The second-order valence-electron chi connectivity index (χ2n) is 5.30. The molecule has 0 atom stereocenters. The smallest absolute Gasteiger partial charge is 0.128 e. The second kappa shape index (κ2) is 6.58. The van der Waals surface area contributed by atoms with E-state index in [-0.39, 0.29) is 11.2 Å². The van der Waals surface area contributed by atoms with Crippen molar-refractivity contribution < 1.29 is 9.13 Å². The van der Waals surface area contributed by atoms with Gasteiger partial charge in [0.05, 0.1) is 13.2 Å². The van der Waals surface area contributed by atoms with Crippen LogP contribution in [-0.4, -0.2) is 12.4 Å². The minimum absolute atomic E-state index is 0.180. The van der Waals surface area contributed by atoms with Gasteiger partial charge in [-0.2, -0.15) is 12.6 Å². The Morgan fingerprint density at radius 2 is 1.89 bits per heavy atom. The largest absolute Gasteiger partial charge is 0.376 e. The molecule has 0 saturated heterocycles. The predicted octanol–water partition coefficient (Wildman–Crippen LogP) is 4.22. The molecular formula is C15H21FOS. The highest BCUT2D eigenvalue weighted by molar-refractivity contribution is 7.80. The maximum atomic E-state index is 13.4. The van der Waals surface area contributed by atoms with Crippen LogP contribution in [-0.2, 0) is 11.3 Å². The van der Waals surface area contributed by atoms with E-state index in [1.54, 1.807) is 12.1 Å². The first kappa shape index (κ1) is 13.9. The van der Waals surface area contributed by atoms with Crippen molar-refractivity contribution in [3.8, 4) is 0 Å². The summed E-state index contributed by atoms with van der Waals surface area (Å²) in [5, 5.41) is 0. The number of benzene rings is 1. The molecule has 0 N–H and O–H groups in total. The number of hydrogen-bond acceptors (Lipinski definition) is 2.